The number of nitrogens with zero attached hydrogens (tertiary/aromatic N) is 2. The number of esters is 1. The second-order valence-electron chi connectivity index (χ2n) is 3.02. The first-order valence-electron chi connectivity index (χ1n) is 4.43. The zero-order valence-corrected chi connectivity index (χ0v) is 10.3. The van der Waals surface area contributed by atoms with E-state index in [0.717, 1.165) is 13.3 Å². The van der Waals surface area contributed by atoms with Crippen LogP contribution in [0.2, 0.25) is 0 Å². The number of carbonyl (C=O) groups is 1. The maximum absolute atomic E-state index is 12.7. The maximum atomic E-state index is 12.7. The van der Waals surface area contributed by atoms with Gasteiger partial charge >= 0.3 is 5.97 Å². The van der Waals surface area contributed by atoms with E-state index in [1.54, 1.807) is 6.07 Å². The van der Waals surface area contributed by atoms with Crippen molar-refractivity contribution in [1.29, 1.82) is 5.26 Å². The molecular formula is C10H7BrF2N2O2. The smallest absolute Gasteiger partial charge is 0.310 e. The molecule has 0 bridgehead atoms. The Morgan fingerprint density at radius 3 is 2.82 bits per heavy atom. The van der Waals surface area contributed by atoms with Gasteiger partial charge < -0.3 is 4.74 Å². The van der Waals surface area contributed by atoms with Gasteiger partial charge in [-0.1, -0.05) is 0 Å². The number of hydrogen-bond donors (Lipinski definition) is 0. The van der Waals surface area contributed by atoms with Crippen LogP contribution in [0.3, 0.4) is 0 Å². The van der Waals surface area contributed by atoms with E-state index >= 15 is 0 Å². The van der Waals surface area contributed by atoms with Gasteiger partial charge in [0.1, 0.15) is 11.8 Å². The first-order valence-corrected chi connectivity index (χ1v) is 5.22. The normalized spacial score (nSPS) is 10.1. The summed E-state index contributed by atoms with van der Waals surface area (Å²) in [6.45, 7) is 0. The van der Waals surface area contributed by atoms with Gasteiger partial charge in [0.2, 0.25) is 0 Å². The van der Waals surface area contributed by atoms with Gasteiger partial charge in [-0.15, -0.1) is 0 Å². The first kappa shape index (κ1) is 13.5. The Kier molecular flexibility index (Phi) is 4.52. The third-order valence-electron chi connectivity index (χ3n) is 2.02. The Morgan fingerprint density at radius 1 is 1.71 bits per heavy atom. The highest BCUT2D eigenvalue weighted by Crippen LogP contribution is 2.29. The highest BCUT2D eigenvalue weighted by atomic mass is 79.9. The van der Waals surface area contributed by atoms with Crippen LogP contribution in [-0.4, -0.2) is 18.1 Å². The molecule has 0 saturated carbocycles. The van der Waals surface area contributed by atoms with Crippen molar-refractivity contribution >= 4 is 21.9 Å². The molecule has 0 atom stereocenters. The fourth-order valence-electron chi connectivity index (χ4n) is 1.19. The van der Waals surface area contributed by atoms with Crippen LogP contribution in [-0.2, 0) is 16.0 Å². The van der Waals surface area contributed by atoms with E-state index in [9.17, 15) is 13.6 Å². The summed E-state index contributed by atoms with van der Waals surface area (Å²) in [7, 11) is 1.15. The number of halogens is 3. The van der Waals surface area contributed by atoms with Gasteiger partial charge in [-0.2, -0.15) is 5.26 Å². The molecule has 0 spiro atoms. The Balaban J connectivity index is 3.31. The Morgan fingerprint density at radius 2 is 2.35 bits per heavy atom. The fraction of sp³-hybridized carbons (Fsp3) is 0.300. The summed E-state index contributed by atoms with van der Waals surface area (Å²) in [5.41, 5.74) is -0.458. The number of rotatable bonds is 3. The summed E-state index contributed by atoms with van der Waals surface area (Å²) in [4.78, 5) is 14.6. The van der Waals surface area contributed by atoms with Crippen LogP contribution in [0, 0.1) is 11.3 Å². The van der Waals surface area contributed by atoms with Crippen molar-refractivity contribution in [2.75, 3.05) is 7.11 Å². The topological polar surface area (TPSA) is 63.0 Å². The molecule has 0 fully saturated rings. The van der Waals surface area contributed by atoms with Gasteiger partial charge in [0.25, 0.3) is 6.43 Å². The molecular weight excluding hydrogens is 298 g/mol. The molecule has 0 N–H and O–H groups in total. The van der Waals surface area contributed by atoms with E-state index in [1.807, 2.05) is 0 Å². The molecule has 7 heteroatoms. The van der Waals surface area contributed by atoms with Crippen molar-refractivity contribution in [2.24, 2.45) is 0 Å². The van der Waals surface area contributed by atoms with Crippen molar-refractivity contribution in [1.82, 2.24) is 4.98 Å². The molecule has 90 valence electrons. The van der Waals surface area contributed by atoms with Gasteiger partial charge in [0, 0.05) is 16.2 Å². The quantitative estimate of drug-likeness (QED) is 0.804. The van der Waals surface area contributed by atoms with Crippen molar-refractivity contribution in [3.8, 4) is 6.07 Å². The minimum Gasteiger partial charge on any atom is -0.469 e. The van der Waals surface area contributed by atoms with E-state index < -0.39 is 18.1 Å². The molecule has 4 nitrogen and oxygen atoms in total. The number of nitriles is 1. The highest BCUT2D eigenvalue weighted by molar-refractivity contribution is 9.10. The largest absolute Gasteiger partial charge is 0.469 e. The van der Waals surface area contributed by atoms with Crippen molar-refractivity contribution in [3.63, 3.8) is 0 Å². The van der Waals surface area contributed by atoms with Crippen LogP contribution in [0.15, 0.2) is 10.7 Å². The predicted octanol–water partition coefficient (Wildman–Crippen LogP) is 2.37. The molecule has 1 aromatic rings. The van der Waals surface area contributed by atoms with Crippen molar-refractivity contribution in [2.45, 2.75) is 12.8 Å². The Bertz CT molecular complexity index is 486. The van der Waals surface area contributed by atoms with Gasteiger partial charge in [0.05, 0.1) is 19.1 Å². The second-order valence-corrected chi connectivity index (χ2v) is 3.81. The third kappa shape index (κ3) is 2.97. The zero-order chi connectivity index (χ0) is 13.0. The van der Waals surface area contributed by atoms with E-state index in [4.69, 9.17) is 5.26 Å². The second kappa shape index (κ2) is 5.68. The molecule has 0 aliphatic carbocycles. The lowest BCUT2D eigenvalue weighted by molar-refractivity contribution is -0.139. The highest BCUT2D eigenvalue weighted by Gasteiger charge is 2.21. The molecule has 0 saturated heterocycles. The minimum absolute atomic E-state index is 0.0223. The molecule has 17 heavy (non-hydrogen) atoms. The zero-order valence-electron chi connectivity index (χ0n) is 8.71. The number of alkyl halides is 2. The monoisotopic (exact) mass is 304 g/mol. The van der Waals surface area contributed by atoms with Crippen molar-refractivity contribution < 1.29 is 18.3 Å². The van der Waals surface area contributed by atoms with Gasteiger partial charge in [0.15, 0.2) is 0 Å². The van der Waals surface area contributed by atoms with E-state index in [-0.39, 0.29) is 22.0 Å². The summed E-state index contributed by atoms with van der Waals surface area (Å²) >= 11 is 3.01. The van der Waals surface area contributed by atoms with E-state index in [2.05, 4.69) is 25.7 Å². The standard InChI is InChI=1S/C10H7BrF2N2O2/c1-17-7(16)2-6-8(11)5(3-14)4-15-9(6)10(12)13/h4,10H,2H2,1H3. The average Bonchev–Trinajstić information content (AvgIpc) is 2.30. The number of ether oxygens (including phenoxy) is 1. The van der Waals surface area contributed by atoms with E-state index in [0.29, 0.717) is 0 Å². The third-order valence-corrected chi connectivity index (χ3v) is 2.93. The molecule has 1 rings (SSSR count). The molecule has 1 aromatic heterocycles. The number of carbonyl (C=O) groups excluding carboxylic acids is 1. The molecule has 0 unspecified atom stereocenters. The van der Waals surface area contributed by atoms with Gasteiger partial charge in [-0.3, -0.25) is 9.78 Å². The summed E-state index contributed by atoms with van der Waals surface area (Å²) in [5, 5.41) is 8.74. The fourth-order valence-corrected chi connectivity index (χ4v) is 1.73. The van der Waals surface area contributed by atoms with E-state index in [1.165, 1.54) is 0 Å². The Labute approximate surface area is 104 Å². The SMILES string of the molecule is COC(=O)Cc1c(C(F)F)ncc(C#N)c1Br. The minimum atomic E-state index is -2.82. The first-order chi connectivity index (χ1) is 8.01. The predicted molar refractivity (Wildman–Crippen MR) is 57.3 cm³/mol. The molecule has 0 aliphatic rings. The van der Waals surface area contributed by atoms with Crippen molar-refractivity contribution in [3.05, 3.63) is 27.5 Å². The summed E-state index contributed by atoms with van der Waals surface area (Å²) in [6.07, 6.45) is -2.15. The molecule has 0 radical (unpaired) electrons. The lowest BCUT2D eigenvalue weighted by Crippen LogP contribution is -2.10. The van der Waals surface area contributed by atoms with Crippen LogP contribution in [0.1, 0.15) is 23.2 Å². The lowest BCUT2D eigenvalue weighted by Gasteiger charge is -2.10. The summed E-state index contributed by atoms with van der Waals surface area (Å²) in [6, 6.07) is 1.79. The number of pyridine rings is 1. The van der Waals surface area contributed by atoms with Crippen LogP contribution in [0.25, 0.3) is 0 Å². The van der Waals surface area contributed by atoms with Crippen LogP contribution in [0.4, 0.5) is 8.78 Å². The summed E-state index contributed by atoms with van der Waals surface area (Å²) in [5.74, 6) is -0.676. The van der Waals surface area contributed by atoms with Gasteiger partial charge in [-0.05, 0) is 15.9 Å². The van der Waals surface area contributed by atoms with Crippen LogP contribution < -0.4 is 0 Å². The maximum Gasteiger partial charge on any atom is 0.310 e. The molecule has 0 amide bonds. The van der Waals surface area contributed by atoms with Crippen LogP contribution >= 0.6 is 15.9 Å². The molecule has 0 aromatic carbocycles. The molecule has 1 heterocycles. The number of hydrogen-bond acceptors (Lipinski definition) is 4. The van der Waals surface area contributed by atoms with Gasteiger partial charge in [-0.25, -0.2) is 8.78 Å². The number of methoxy groups -OCH3 is 1. The number of aromatic nitrogens is 1. The average molecular weight is 305 g/mol. The molecule has 0 aliphatic heterocycles. The lowest BCUT2D eigenvalue weighted by atomic mass is 10.1. The van der Waals surface area contributed by atoms with Crippen LogP contribution in [0.5, 0.6) is 0 Å². The summed E-state index contributed by atoms with van der Waals surface area (Å²) < 4.78 is 29.9. The Hall–Kier alpha value is -1.55.